The van der Waals surface area contributed by atoms with Gasteiger partial charge in [0.15, 0.2) is 0 Å². The Hall–Kier alpha value is -2.65. The van der Waals surface area contributed by atoms with Crippen LogP contribution in [0, 0.1) is 18.3 Å². The molecular formula is C16H13N5S. The molecule has 0 aliphatic rings. The predicted molar refractivity (Wildman–Crippen MR) is 84.6 cm³/mol. The van der Waals surface area contributed by atoms with Gasteiger partial charge >= 0.3 is 0 Å². The van der Waals surface area contributed by atoms with E-state index in [-0.39, 0.29) is 0 Å². The predicted octanol–water partition coefficient (Wildman–Crippen LogP) is 3.13. The van der Waals surface area contributed by atoms with Crippen molar-refractivity contribution in [1.29, 1.82) is 5.26 Å². The first-order valence-corrected chi connectivity index (χ1v) is 7.72. The van der Waals surface area contributed by atoms with Crippen molar-refractivity contribution in [3.05, 3.63) is 65.2 Å². The molecular weight excluding hydrogens is 294 g/mol. The Labute approximate surface area is 132 Å². The smallest absolute Gasteiger partial charge is 0.192 e. The molecule has 0 aliphatic carbocycles. The maximum atomic E-state index is 8.81. The Morgan fingerprint density at radius 2 is 2.00 bits per heavy atom. The number of aromatic nitrogens is 4. The lowest BCUT2D eigenvalue weighted by atomic mass is 10.2. The number of aryl methyl sites for hydroxylation is 1. The van der Waals surface area contributed by atoms with Crippen molar-refractivity contribution in [3.63, 3.8) is 0 Å². The van der Waals surface area contributed by atoms with Gasteiger partial charge in [0, 0.05) is 5.75 Å². The third kappa shape index (κ3) is 3.15. The summed E-state index contributed by atoms with van der Waals surface area (Å²) in [6.07, 6.45) is 0. The molecule has 2 aromatic carbocycles. The number of benzene rings is 2. The van der Waals surface area contributed by atoms with Crippen molar-refractivity contribution in [3.8, 4) is 11.8 Å². The van der Waals surface area contributed by atoms with Crippen LogP contribution in [0.5, 0.6) is 0 Å². The average molecular weight is 307 g/mol. The van der Waals surface area contributed by atoms with Gasteiger partial charge in [-0.3, -0.25) is 0 Å². The molecule has 1 aromatic heterocycles. The lowest BCUT2D eigenvalue weighted by molar-refractivity contribution is 0.755. The summed E-state index contributed by atoms with van der Waals surface area (Å²) in [5.74, 6) is 0.748. The van der Waals surface area contributed by atoms with Crippen LogP contribution in [0.1, 0.15) is 16.7 Å². The van der Waals surface area contributed by atoms with Gasteiger partial charge < -0.3 is 0 Å². The van der Waals surface area contributed by atoms with Crippen LogP contribution < -0.4 is 0 Å². The molecule has 3 rings (SSSR count). The first-order chi connectivity index (χ1) is 10.8. The van der Waals surface area contributed by atoms with E-state index in [1.807, 2.05) is 55.5 Å². The molecule has 108 valence electrons. The Kier molecular flexibility index (Phi) is 4.17. The molecule has 0 radical (unpaired) electrons. The quantitative estimate of drug-likeness (QED) is 0.693. The molecule has 0 saturated carbocycles. The first-order valence-electron chi connectivity index (χ1n) is 6.73. The van der Waals surface area contributed by atoms with Gasteiger partial charge in [0.1, 0.15) is 0 Å². The minimum absolute atomic E-state index is 0.665. The molecule has 0 fully saturated rings. The SMILES string of the molecule is Cc1cccc(-n2nnnc2SCc2ccc(C#N)cc2)c1. The molecule has 0 spiro atoms. The Morgan fingerprint density at radius 3 is 2.73 bits per heavy atom. The number of hydrogen-bond acceptors (Lipinski definition) is 5. The van der Waals surface area contributed by atoms with Gasteiger partial charge in [0.25, 0.3) is 0 Å². The normalized spacial score (nSPS) is 10.4. The topological polar surface area (TPSA) is 67.4 Å². The van der Waals surface area contributed by atoms with Gasteiger partial charge in [-0.25, -0.2) is 0 Å². The fraction of sp³-hybridized carbons (Fsp3) is 0.125. The number of nitrogens with zero attached hydrogens (tertiary/aromatic N) is 5. The summed E-state index contributed by atoms with van der Waals surface area (Å²) in [7, 11) is 0. The van der Waals surface area contributed by atoms with Gasteiger partial charge in [-0.15, -0.1) is 5.10 Å². The minimum Gasteiger partial charge on any atom is -0.192 e. The molecule has 0 amide bonds. The zero-order valence-electron chi connectivity index (χ0n) is 12.0. The molecule has 0 aliphatic heterocycles. The molecule has 5 nitrogen and oxygen atoms in total. The average Bonchev–Trinajstić information content (AvgIpc) is 3.02. The van der Waals surface area contributed by atoms with Gasteiger partial charge in [0.05, 0.1) is 17.3 Å². The molecule has 0 atom stereocenters. The van der Waals surface area contributed by atoms with E-state index < -0.39 is 0 Å². The fourth-order valence-corrected chi connectivity index (χ4v) is 2.86. The first kappa shape index (κ1) is 14.3. The summed E-state index contributed by atoms with van der Waals surface area (Å²) in [4.78, 5) is 0. The van der Waals surface area contributed by atoms with Crippen LogP contribution in [0.25, 0.3) is 5.69 Å². The molecule has 0 bridgehead atoms. The lowest BCUT2D eigenvalue weighted by Gasteiger charge is -2.05. The summed E-state index contributed by atoms with van der Waals surface area (Å²) in [5.41, 5.74) is 3.91. The van der Waals surface area contributed by atoms with E-state index in [2.05, 4.69) is 21.6 Å². The van der Waals surface area contributed by atoms with Crippen LogP contribution in [-0.4, -0.2) is 20.2 Å². The summed E-state index contributed by atoms with van der Waals surface area (Å²) in [6, 6.07) is 17.7. The molecule has 6 heteroatoms. The highest BCUT2D eigenvalue weighted by molar-refractivity contribution is 7.98. The largest absolute Gasteiger partial charge is 0.214 e. The van der Waals surface area contributed by atoms with E-state index in [1.54, 1.807) is 16.4 Å². The van der Waals surface area contributed by atoms with Crippen molar-refractivity contribution in [2.75, 3.05) is 0 Å². The number of hydrogen-bond donors (Lipinski definition) is 0. The van der Waals surface area contributed by atoms with Crippen LogP contribution in [0.3, 0.4) is 0 Å². The zero-order chi connectivity index (χ0) is 15.4. The second-order valence-electron chi connectivity index (χ2n) is 4.81. The van der Waals surface area contributed by atoms with Crippen LogP contribution in [0.15, 0.2) is 53.7 Å². The van der Waals surface area contributed by atoms with E-state index in [0.717, 1.165) is 27.7 Å². The van der Waals surface area contributed by atoms with E-state index in [9.17, 15) is 0 Å². The second kappa shape index (κ2) is 6.41. The molecule has 0 N–H and O–H groups in total. The van der Waals surface area contributed by atoms with E-state index >= 15 is 0 Å². The van der Waals surface area contributed by atoms with Crippen LogP contribution in [0.2, 0.25) is 0 Å². The molecule has 22 heavy (non-hydrogen) atoms. The Balaban J connectivity index is 1.76. The van der Waals surface area contributed by atoms with Crippen molar-refractivity contribution in [1.82, 2.24) is 20.2 Å². The number of tetrazole rings is 1. The molecule has 3 aromatic rings. The minimum atomic E-state index is 0.665. The highest BCUT2D eigenvalue weighted by Gasteiger charge is 2.09. The summed E-state index contributed by atoms with van der Waals surface area (Å²) in [5, 5.41) is 21.5. The van der Waals surface area contributed by atoms with Crippen molar-refractivity contribution >= 4 is 11.8 Å². The highest BCUT2D eigenvalue weighted by Crippen LogP contribution is 2.22. The maximum Gasteiger partial charge on any atom is 0.214 e. The van der Waals surface area contributed by atoms with Crippen LogP contribution >= 0.6 is 11.8 Å². The van der Waals surface area contributed by atoms with Crippen LogP contribution in [0.4, 0.5) is 0 Å². The number of rotatable bonds is 4. The Bertz CT molecular complexity index is 817. The summed E-state index contributed by atoms with van der Waals surface area (Å²) < 4.78 is 1.74. The van der Waals surface area contributed by atoms with Gasteiger partial charge in [-0.1, -0.05) is 36.0 Å². The number of thioether (sulfide) groups is 1. The molecule has 0 unspecified atom stereocenters. The van der Waals surface area contributed by atoms with E-state index in [1.165, 1.54) is 0 Å². The highest BCUT2D eigenvalue weighted by atomic mass is 32.2. The number of nitriles is 1. The molecule has 1 heterocycles. The van der Waals surface area contributed by atoms with Crippen LogP contribution in [-0.2, 0) is 5.75 Å². The zero-order valence-corrected chi connectivity index (χ0v) is 12.8. The second-order valence-corrected chi connectivity index (χ2v) is 5.75. The van der Waals surface area contributed by atoms with Crippen molar-refractivity contribution < 1.29 is 0 Å². The Morgan fingerprint density at radius 1 is 1.18 bits per heavy atom. The van der Waals surface area contributed by atoms with Gasteiger partial charge in [0.2, 0.25) is 5.16 Å². The van der Waals surface area contributed by atoms with Gasteiger partial charge in [-0.2, -0.15) is 9.94 Å². The van der Waals surface area contributed by atoms with E-state index in [0.29, 0.717) is 5.56 Å². The third-order valence-electron chi connectivity index (χ3n) is 3.14. The van der Waals surface area contributed by atoms with Gasteiger partial charge in [-0.05, 0) is 52.7 Å². The maximum absolute atomic E-state index is 8.81. The fourth-order valence-electron chi connectivity index (χ4n) is 2.01. The van der Waals surface area contributed by atoms with Crippen molar-refractivity contribution in [2.45, 2.75) is 17.8 Å². The monoisotopic (exact) mass is 307 g/mol. The summed E-state index contributed by atoms with van der Waals surface area (Å²) >= 11 is 1.56. The summed E-state index contributed by atoms with van der Waals surface area (Å²) in [6.45, 7) is 2.04. The van der Waals surface area contributed by atoms with Crippen molar-refractivity contribution in [2.24, 2.45) is 0 Å². The molecule has 0 saturated heterocycles. The third-order valence-corrected chi connectivity index (χ3v) is 4.13. The van der Waals surface area contributed by atoms with E-state index in [4.69, 9.17) is 5.26 Å². The standard InChI is InChI=1S/C16H13N5S/c1-12-3-2-4-15(9-12)21-16(18-19-20-21)22-11-14-7-5-13(10-17)6-8-14/h2-9H,11H2,1H3. The lowest BCUT2D eigenvalue weighted by Crippen LogP contribution is -1.99.